The number of aromatic nitrogens is 1. The number of amides is 1. The van der Waals surface area contributed by atoms with Crippen molar-refractivity contribution in [2.24, 2.45) is 0 Å². The Morgan fingerprint density at radius 1 is 1.06 bits per heavy atom. The Hall–Kier alpha value is -2.70. The molecular formula is C27H32N3O2S+. The van der Waals surface area contributed by atoms with Crippen LogP contribution in [0.5, 0.6) is 5.75 Å². The average molecular weight is 463 g/mol. The van der Waals surface area contributed by atoms with Crippen LogP contribution in [0.15, 0.2) is 53.9 Å². The summed E-state index contributed by atoms with van der Waals surface area (Å²) in [6, 6.07) is 16.6. The molecule has 5 rings (SSSR count). The van der Waals surface area contributed by atoms with Crippen molar-refractivity contribution < 1.29 is 14.5 Å². The van der Waals surface area contributed by atoms with Gasteiger partial charge in [0.15, 0.2) is 0 Å². The predicted molar refractivity (Wildman–Crippen MR) is 133 cm³/mol. The first kappa shape index (κ1) is 22.1. The molecule has 2 fully saturated rings. The molecule has 2 aliphatic heterocycles. The molecular weight excluding hydrogens is 430 g/mol. The number of hydrogen-bond acceptors (Lipinski definition) is 4. The summed E-state index contributed by atoms with van der Waals surface area (Å²) >= 11 is 1.68. The minimum absolute atomic E-state index is 0.173. The van der Waals surface area contributed by atoms with Crippen molar-refractivity contribution in [1.82, 2.24) is 9.80 Å². The van der Waals surface area contributed by atoms with Crippen molar-refractivity contribution in [3.8, 4) is 27.6 Å². The van der Waals surface area contributed by atoms with E-state index in [2.05, 4.69) is 44.4 Å². The number of rotatable bonds is 7. The van der Waals surface area contributed by atoms with E-state index in [1.54, 1.807) is 11.3 Å². The molecule has 1 aromatic heterocycles. The van der Waals surface area contributed by atoms with E-state index in [1.807, 2.05) is 31.2 Å². The maximum absolute atomic E-state index is 13.2. The number of carbonyl (C=O) groups excluding carboxylic acids is 1. The fraction of sp³-hybridized carbons (Fsp3) is 0.407. The van der Waals surface area contributed by atoms with Crippen LogP contribution in [-0.4, -0.2) is 54.5 Å². The summed E-state index contributed by atoms with van der Waals surface area (Å²) in [6.07, 6.45) is 4.82. The van der Waals surface area contributed by atoms with E-state index in [9.17, 15) is 4.79 Å². The topological polar surface area (TPSA) is 46.9 Å². The lowest BCUT2D eigenvalue weighted by Crippen LogP contribution is -2.42. The lowest BCUT2D eigenvalue weighted by molar-refractivity contribution is -0.344. The van der Waals surface area contributed by atoms with E-state index in [1.165, 1.54) is 25.9 Å². The van der Waals surface area contributed by atoms with Gasteiger partial charge in [-0.25, -0.2) is 0 Å². The van der Waals surface area contributed by atoms with Crippen LogP contribution in [0.25, 0.3) is 21.8 Å². The lowest BCUT2D eigenvalue weighted by Gasteiger charge is -2.28. The lowest BCUT2D eigenvalue weighted by atomic mass is 10.1. The zero-order valence-electron chi connectivity index (χ0n) is 19.3. The summed E-state index contributed by atoms with van der Waals surface area (Å²) in [7, 11) is 0. The Morgan fingerprint density at radius 2 is 1.88 bits per heavy atom. The molecule has 2 aliphatic rings. The Kier molecular flexibility index (Phi) is 6.74. The molecule has 1 N–H and O–H groups in total. The van der Waals surface area contributed by atoms with E-state index in [-0.39, 0.29) is 5.91 Å². The van der Waals surface area contributed by atoms with Gasteiger partial charge in [0.1, 0.15) is 5.75 Å². The number of ether oxygens (including phenoxy) is 1. The molecule has 2 aromatic carbocycles. The monoisotopic (exact) mass is 462 g/mol. The van der Waals surface area contributed by atoms with E-state index >= 15 is 0 Å². The molecule has 5 nitrogen and oxygen atoms in total. The van der Waals surface area contributed by atoms with Crippen molar-refractivity contribution in [2.45, 2.75) is 38.6 Å². The average Bonchev–Trinajstić information content (AvgIpc) is 3.62. The van der Waals surface area contributed by atoms with Crippen LogP contribution in [0.1, 0.15) is 43.0 Å². The van der Waals surface area contributed by atoms with Crippen LogP contribution < -0.4 is 9.72 Å². The van der Waals surface area contributed by atoms with Gasteiger partial charge in [-0.3, -0.25) is 4.79 Å². The molecule has 0 radical (unpaired) electrons. The van der Waals surface area contributed by atoms with Crippen LogP contribution in [-0.2, 0) is 0 Å². The minimum atomic E-state index is 0.173. The van der Waals surface area contributed by atoms with Crippen LogP contribution in [0.2, 0.25) is 0 Å². The van der Waals surface area contributed by atoms with E-state index < -0.39 is 0 Å². The number of nitrogens with zero attached hydrogens (tertiary/aromatic N) is 2. The SMILES string of the molecule is CCOc1cccc(-c2csc(-c3ccc(C(=O)N4CCCC4CN4CCCC4)cc3)[nH+]2)c1. The van der Waals surface area contributed by atoms with Crippen molar-refractivity contribution in [3.05, 3.63) is 59.5 Å². The van der Waals surface area contributed by atoms with Gasteiger partial charge >= 0.3 is 0 Å². The highest BCUT2D eigenvalue weighted by Crippen LogP contribution is 2.28. The van der Waals surface area contributed by atoms with E-state index in [0.29, 0.717) is 12.6 Å². The first-order valence-electron chi connectivity index (χ1n) is 12.1. The molecule has 1 unspecified atom stereocenters. The highest BCUT2D eigenvalue weighted by atomic mass is 32.1. The van der Waals surface area contributed by atoms with Crippen LogP contribution in [0.3, 0.4) is 0 Å². The maximum Gasteiger partial charge on any atom is 0.267 e. The van der Waals surface area contributed by atoms with Gasteiger partial charge in [-0.2, -0.15) is 4.98 Å². The maximum atomic E-state index is 13.2. The van der Waals surface area contributed by atoms with Gasteiger partial charge in [-0.15, -0.1) is 0 Å². The van der Waals surface area contributed by atoms with Gasteiger partial charge in [0, 0.05) is 24.7 Å². The quantitative estimate of drug-likeness (QED) is 0.497. The fourth-order valence-electron chi connectivity index (χ4n) is 4.99. The number of H-pyrrole nitrogens is 1. The highest BCUT2D eigenvalue weighted by Gasteiger charge is 2.31. The number of thiazole rings is 1. The summed E-state index contributed by atoms with van der Waals surface area (Å²) in [4.78, 5) is 21.4. The zero-order chi connectivity index (χ0) is 22.6. The predicted octanol–water partition coefficient (Wildman–Crippen LogP) is 5.00. The van der Waals surface area contributed by atoms with E-state index in [0.717, 1.165) is 59.1 Å². The molecule has 0 saturated carbocycles. The minimum Gasteiger partial charge on any atom is -0.494 e. The summed E-state index contributed by atoms with van der Waals surface area (Å²) in [6.45, 7) is 6.92. The van der Waals surface area contributed by atoms with Crippen LogP contribution >= 0.6 is 11.3 Å². The Balaban J connectivity index is 1.28. The van der Waals surface area contributed by atoms with Gasteiger partial charge < -0.3 is 14.5 Å². The normalized spacial score (nSPS) is 18.7. The molecule has 0 aliphatic carbocycles. The molecule has 1 amide bonds. The van der Waals surface area contributed by atoms with Gasteiger partial charge in [-0.05, 0) is 88.2 Å². The molecule has 6 heteroatoms. The van der Waals surface area contributed by atoms with Gasteiger partial charge in [0.05, 0.1) is 23.1 Å². The third-order valence-electron chi connectivity index (χ3n) is 6.70. The van der Waals surface area contributed by atoms with Gasteiger partial charge in [-0.1, -0.05) is 17.4 Å². The summed E-state index contributed by atoms with van der Waals surface area (Å²) in [5, 5.41) is 3.21. The number of hydrogen-bond donors (Lipinski definition) is 0. The molecule has 0 spiro atoms. The molecule has 3 heterocycles. The summed E-state index contributed by atoms with van der Waals surface area (Å²) in [5.74, 6) is 1.05. The van der Waals surface area contributed by atoms with Crippen LogP contribution in [0.4, 0.5) is 0 Å². The summed E-state index contributed by atoms with van der Waals surface area (Å²) < 4.78 is 5.63. The van der Waals surface area contributed by atoms with Crippen molar-refractivity contribution in [2.75, 3.05) is 32.8 Å². The van der Waals surface area contributed by atoms with Crippen LogP contribution in [0, 0.1) is 0 Å². The fourth-order valence-corrected chi connectivity index (χ4v) is 5.86. The molecule has 2 saturated heterocycles. The first-order chi connectivity index (χ1) is 16.2. The zero-order valence-corrected chi connectivity index (χ0v) is 20.1. The third-order valence-corrected chi connectivity index (χ3v) is 7.63. The summed E-state index contributed by atoms with van der Waals surface area (Å²) in [5.41, 5.74) is 4.05. The van der Waals surface area contributed by atoms with Crippen molar-refractivity contribution >= 4 is 17.2 Å². The molecule has 172 valence electrons. The van der Waals surface area contributed by atoms with Gasteiger partial charge in [0.2, 0.25) is 5.69 Å². The highest BCUT2D eigenvalue weighted by molar-refractivity contribution is 7.12. The Labute approximate surface area is 200 Å². The number of nitrogens with one attached hydrogen (secondary N) is 1. The van der Waals surface area contributed by atoms with Crippen molar-refractivity contribution in [3.63, 3.8) is 0 Å². The largest absolute Gasteiger partial charge is 0.494 e. The second-order valence-electron chi connectivity index (χ2n) is 8.94. The molecule has 0 bridgehead atoms. The number of likely N-dealkylation sites (tertiary alicyclic amines) is 2. The molecule has 3 aromatic rings. The second-order valence-corrected chi connectivity index (χ2v) is 9.82. The van der Waals surface area contributed by atoms with E-state index in [4.69, 9.17) is 4.74 Å². The molecule has 1 atom stereocenters. The smallest absolute Gasteiger partial charge is 0.267 e. The van der Waals surface area contributed by atoms with Crippen molar-refractivity contribution in [1.29, 1.82) is 0 Å². The van der Waals surface area contributed by atoms with Gasteiger partial charge in [0.25, 0.3) is 10.9 Å². The second kappa shape index (κ2) is 10.1. The Morgan fingerprint density at radius 3 is 2.67 bits per heavy atom. The molecule has 33 heavy (non-hydrogen) atoms. The number of aromatic amines is 1. The standard InChI is InChI=1S/C27H31N3O2S/c1-2-32-24-9-5-7-22(17-24)25-19-33-26(28-25)20-10-12-21(13-11-20)27(31)30-16-6-8-23(30)18-29-14-3-4-15-29/h5,7,9-13,17,19,23H,2-4,6,8,14-16,18H2,1H3/p+1. The Bertz CT molecular complexity index is 1090. The number of carbonyl (C=O) groups is 1. The first-order valence-corrected chi connectivity index (χ1v) is 13.0. The third kappa shape index (κ3) is 4.97. The number of benzene rings is 2.